The SMILES string of the molecule is COc1ccc(C(=O)C2C3C(=O)N(c4ccc(Cl)cc4Cl)C(=O)C3C3C=CC=NN32)cc1OC. The monoisotopic (exact) mass is 499 g/mol. The van der Waals surface area contributed by atoms with Gasteiger partial charge in [-0.2, -0.15) is 5.10 Å². The summed E-state index contributed by atoms with van der Waals surface area (Å²) in [4.78, 5) is 42.0. The Morgan fingerprint density at radius 3 is 2.41 bits per heavy atom. The summed E-state index contributed by atoms with van der Waals surface area (Å²) in [6, 6.07) is 7.80. The molecule has 3 aliphatic heterocycles. The zero-order valence-electron chi connectivity index (χ0n) is 18.1. The van der Waals surface area contributed by atoms with Crippen LogP contribution in [0.4, 0.5) is 5.69 Å². The molecule has 4 atom stereocenters. The summed E-state index contributed by atoms with van der Waals surface area (Å²) in [7, 11) is 2.97. The van der Waals surface area contributed by atoms with Crippen LogP contribution in [0, 0.1) is 11.8 Å². The molecule has 0 N–H and O–H groups in total. The average molecular weight is 500 g/mol. The first-order chi connectivity index (χ1) is 16.4. The highest BCUT2D eigenvalue weighted by Gasteiger charge is 2.64. The first-order valence-corrected chi connectivity index (χ1v) is 11.2. The molecule has 0 spiro atoms. The minimum atomic E-state index is -0.984. The van der Waals surface area contributed by atoms with Crippen LogP contribution in [-0.4, -0.2) is 55.1 Å². The van der Waals surface area contributed by atoms with Gasteiger partial charge in [-0.1, -0.05) is 29.3 Å². The van der Waals surface area contributed by atoms with E-state index in [2.05, 4.69) is 5.10 Å². The Kier molecular flexibility index (Phi) is 5.58. The molecule has 2 aromatic carbocycles. The number of methoxy groups -OCH3 is 2. The summed E-state index contributed by atoms with van der Waals surface area (Å²) in [6.07, 6.45) is 5.02. The van der Waals surface area contributed by atoms with Crippen LogP contribution >= 0.6 is 23.2 Å². The number of benzene rings is 2. The van der Waals surface area contributed by atoms with Crippen LogP contribution in [0.25, 0.3) is 0 Å². The van der Waals surface area contributed by atoms with Crippen molar-refractivity contribution >= 4 is 52.7 Å². The molecule has 3 heterocycles. The number of anilines is 1. The van der Waals surface area contributed by atoms with Gasteiger partial charge < -0.3 is 9.47 Å². The number of hydrazone groups is 1. The molecule has 10 heteroatoms. The number of Topliss-reactive ketones (excluding diaryl/α,β-unsaturated/α-hetero) is 1. The Bertz CT molecular complexity index is 1280. The second kappa shape index (κ2) is 8.45. The highest BCUT2D eigenvalue weighted by molar-refractivity contribution is 6.38. The van der Waals surface area contributed by atoms with Crippen LogP contribution in [0.2, 0.25) is 10.0 Å². The smallest absolute Gasteiger partial charge is 0.240 e. The summed E-state index contributed by atoms with van der Waals surface area (Å²) in [5.41, 5.74) is 0.553. The lowest BCUT2D eigenvalue weighted by atomic mass is 9.86. The number of allylic oxidation sites excluding steroid dienone is 1. The van der Waals surface area contributed by atoms with Gasteiger partial charge in [0.2, 0.25) is 11.8 Å². The van der Waals surface area contributed by atoms with Gasteiger partial charge in [0.15, 0.2) is 17.3 Å². The maximum absolute atomic E-state index is 13.8. The van der Waals surface area contributed by atoms with Crippen LogP contribution < -0.4 is 14.4 Å². The van der Waals surface area contributed by atoms with E-state index in [0.29, 0.717) is 22.1 Å². The van der Waals surface area contributed by atoms with Gasteiger partial charge in [0.1, 0.15) is 6.04 Å². The molecular weight excluding hydrogens is 481 g/mol. The first kappa shape index (κ1) is 22.4. The van der Waals surface area contributed by atoms with E-state index >= 15 is 0 Å². The third-order valence-electron chi connectivity index (χ3n) is 6.38. The van der Waals surface area contributed by atoms with E-state index in [1.807, 2.05) is 0 Å². The molecule has 2 aromatic rings. The van der Waals surface area contributed by atoms with E-state index in [-0.39, 0.29) is 16.5 Å². The Morgan fingerprint density at radius 1 is 0.971 bits per heavy atom. The van der Waals surface area contributed by atoms with Gasteiger partial charge in [-0.05, 0) is 42.5 Å². The fraction of sp³-hybridized carbons (Fsp3) is 0.250. The Hall–Kier alpha value is -3.36. The highest BCUT2D eigenvalue weighted by atomic mass is 35.5. The maximum atomic E-state index is 13.8. The van der Waals surface area contributed by atoms with Gasteiger partial charge in [0.05, 0.1) is 42.8 Å². The average Bonchev–Trinajstić information content (AvgIpc) is 3.31. The third-order valence-corrected chi connectivity index (χ3v) is 6.92. The summed E-state index contributed by atoms with van der Waals surface area (Å²) in [5.74, 6) is -2.17. The van der Waals surface area contributed by atoms with Crippen molar-refractivity contribution in [1.29, 1.82) is 0 Å². The topological polar surface area (TPSA) is 88.5 Å². The number of carbonyl (C=O) groups is 3. The number of hydrogen-bond donors (Lipinski definition) is 0. The second-order valence-corrected chi connectivity index (χ2v) is 8.90. The molecule has 0 saturated carbocycles. The summed E-state index contributed by atoms with van der Waals surface area (Å²) < 4.78 is 10.6. The molecule has 3 aliphatic rings. The summed E-state index contributed by atoms with van der Waals surface area (Å²) >= 11 is 12.3. The van der Waals surface area contributed by atoms with Crippen LogP contribution in [-0.2, 0) is 9.59 Å². The molecule has 34 heavy (non-hydrogen) atoms. The van der Waals surface area contributed by atoms with Crippen molar-refractivity contribution in [2.24, 2.45) is 16.9 Å². The number of rotatable bonds is 5. The normalized spacial score (nSPS) is 24.9. The Balaban J connectivity index is 1.58. The largest absolute Gasteiger partial charge is 0.493 e. The van der Waals surface area contributed by atoms with Gasteiger partial charge >= 0.3 is 0 Å². The first-order valence-electron chi connectivity index (χ1n) is 10.5. The number of nitrogens with zero attached hydrogens (tertiary/aromatic N) is 3. The van der Waals surface area contributed by atoms with Gasteiger partial charge in [0.25, 0.3) is 0 Å². The number of fused-ring (bicyclic) bond motifs is 3. The van der Waals surface area contributed by atoms with Crippen molar-refractivity contribution in [1.82, 2.24) is 5.01 Å². The van der Waals surface area contributed by atoms with Crippen LogP contribution in [0.5, 0.6) is 11.5 Å². The molecule has 0 aromatic heterocycles. The Labute approximate surface area is 205 Å². The number of hydrogen-bond acceptors (Lipinski definition) is 7. The molecule has 2 saturated heterocycles. The summed E-state index contributed by atoms with van der Waals surface area (Å²) in [6.45, 7) is 0. The maximum Gasteiger partial charge on any atom is 0.240 e. The van der Waals surface area contributed by atoms with Crippen molar-refractivity contribution in [3.63, 3.8) is 0 Å². The fourth-order valence-corrected chi connectivity index (χ4v) is 5.39. The van der Waals surface area contributed by atoms with Gasteiger partial charge in [-0.15, -0.1) is 0 Å². The van der Waals surface area contributed by atoms with Crippen molar-refractivity contribution in [3.05, 3.63) is 64.2 Å². The van der Waals surface area contributed by atoms with E-state index in [4.69, 9.17) is 32.7 Å². The van der Waals surface area contributed by atoms with Gasteiger partial charge in [-0.3, -0.25) is 19.4 Å². The highest BCUT2D eigenvalue weighted by Crippen LogP contribution is 2.47. The van der Waals surface area contributed by atoms with E-state index in [0.717, 1.165) is 4.90 Å². The minimum absolute atomic E-state index is 0.172. The van der Waals surface area contributed by atoms with Crippen molar-refractivity contribution in [2.75, 3.05) is 19.1 Å². The number of ketones is 1. The lowest BCUT2D eigenvalue weighted by molar-refractivity contribution is -0.123. The predicted octanol–water partition coefficient (Wildman–Crippen LogP) is 3.61. The number of amides is 2. The van der Waals surface area contributed by atoms with Gasteiger partial charge in [0, 0.05) is 16.8 Å². The molecular formula is C24H19Cl2N3O5. The molecule has 0 aliphatic carbocycles. The fourth-order valence-electron chi connectivity index (χ4n) is 4.90. The third kappa shape index (κ3) is 3.28. The number of ether oxygens (including phenoxy) is 2. The Morgan fingerprint density at radius 2 is 1.71 bits per heavy atom. The molecule has 0 bridgehead atoms. The minimum Gasteiger partial charge on any atom is -0.493 e. The zero-order valence-corrected chi connectivity index (χ0v) is 19.7. The standard InChI is InChI=1S/C24H19Cl2N3O5/c1-33-17-8-5-12(10-18(17)34-2)22(30)21-20-19(16-4-3-9-27-29(16)21)23(31)28(24(20)32)15-7-6-13(25)11-14(15)26/h3-11,16,19-21H,1-2H3. The quantitative estimate of drug-likeness (QED) is 0.461. The number of imide groups is 1. The molecule has 8 nitrogen and oxygen atoms in total. The summed E-state index contributed by atoms with van der Waals surface area (Å²) in [5, 5.41) is 6.45. The molecule has 2 amide bonds. The second-order valence-electron chi connectivity index (χ2n) is 8.06. The van der Waals surface area contributed by atoms with E-state index in [9.17, 15) is 14.4 Å². The lowest BCUT2D eigenvalue weighted by Crippen LogP contribution is -2.46. The van der Waals surface area contributed by atoms with Crippen LogP contribution in [0.3, 0.4) is 0 Å². The molecule has 2 fully saturated rings. The lowest BCUT2D eigenvalue weighted by Gasteiger charge is -2.30. The van der Waals surface area contributed by atoms with E-state index in [1.54, 1.807) is 41.4 Å². The van der Waals surface area contributed by atoms with Crippen molar-refractivity contribution in [3.8, 4) is 11.5 Å². The molecule has 4 unspecified atom stereocenters. The van der Waals surface area contributed by atoms with Crippen LogP contribution in [0.15, 0.2) is 53.7 Å². The number of carbonyl (C=O) groups excluding carboxylic acids is 3. The van der Waals surface area contributed by atoms with Crippen LogP contribution in [0.1, 0.15) is 10.4 Å². The van der Waals surface area contributed by atoms with Crippen molar-refractivity contribution < 1.29 is 23.9 Å². The zero-order chi connectivity index (χ0) is 24.1. The molecule has 0 radical (unpaired) electrons. The molecule has 5 rings (SSSR count). The van der Waals surface area contributed by atoms with Crippen molar-refractivity contribution in [2.45, 2.75) is 12.1 Å². The van der Waals surface area contributed by atoms with E-state index < -0.39 is 35.7 Å². The number of halogens is 2. The predicted molar refractivity (Wildman–Crippen MR) is 127 cm³/mol. The van der Waals surface area contributed by atoms with Gasteiger partial charge in [-0.25, -0.2) is 4.90 Å². The van der Waals surface area contributed by atoms with E-state index in [1.165, 1.54) is 32.6 Å². The molecule has 174 valence electrons.